The van der Waals surface area contributed by atoms with Gasteiger partial charge in [-0.1, -0.05) is 43.3 Å². The molecular formula is C18H17. The Kier molecular flexibility index (Phi) is 2.79. The van der Waals surface area contributed by atoms with Crippen LogP contribution in [0.1, 0.15) is 17.5 Å². The zero-order valence-corrected chi connectivity index (χ0v) is 10.7. The van der Waals surface area contributed by atoms with Gasteiger partial charge in [-0.3, -0.25) is 0 Å². The van der Waals surface area contributed by atoms with Gasteiger partial charge in [0.15, 0.2) is 0 Å². The van der Waals surface area contributed by atoms with Crippen molar-refractivity contribution in [2.75, 3.05) is 0 Å². The predicted molar refractivity (Wildman–Crippen MR) is 79.9 cm³/mol. The van der Waals surface area contributed by atoms with E-state index < -0.39 is 0 Å². The Morgan fingerprint density at radius 2 is 1.61 bits per heavy atom. The lowest BCUT2D eigenvalue weighted by Crippen LogP contribution is -1.90. The van der Waals surface area contributed by atoms with Crippen LogP contribution in [0.15, 0.2) is 48.5 Å². The Balaban J connectivity index is 2.33. The van der Waals surface area contributed by atoms with Crippen molar-refractivity contribution in [2.24, 2.45) is 0 Å². The van der Waals surface area contributed by atoms with E-state index in [4.69, 9.17) is 0 Å². The molecular weight excluding hydrogens is 216 g/mol. The molecule has 0 fully saturated rings. The number of hydrogen-bond acceptors (Lipinski definition) is 0. The Morgan fingerprint density at radius 3 is 2.33 bits per heavy atom. The summed E-state index contributed by atoms with van der Waals surface area (Å²) < 4.78 is 0. The highest BCUT2D eigenvalue weighted by Gasteiger charge is 2.04. The molecule has 0 atom stereocenters. The van der Waals surface area contributed by atoms with Crippen LogP contribution in [0.3, 0.4) is 0 Å². The highest BCUT2D eigenvalue weighted by atomic mass is 14.1. The van der Waals surface area contributed by atoms with E-state index in [1.807, 2.05) is 0 Å². The van der Waals surface area contributed by atoms with Crippen LogP contribution < -0.4 is 0 Å². The lowest BCUT2D eigenvalue weighted by atomic mass is 9.95. The van der Waals surface area contributed by atoms with Crippen molar-refractivity contribution in [2.45, 2.75) is 19.8 Å². The first-order valence-corrected chi connectivity index (χ1v) is 6.50. The van der Waals surface area contributed by atoms with Crippen molar-refractivity contribution in [1.29, 1.82) is 0 Å². The minimum atomic E-state index is 0.958. The number of fused-ring (bicyclic) bond motifs is 2. The Labute approximate surface area is 108 Å². The van der Waals surface area contributed by atoms with E-state index in [9.17, 15) is 0 Å². The second kappa shape index (κ2) is 4.45. The molecule has 3 aromatic carbocycles. The first kappa shape index (κ1) is 11.3. The Morgan fingerprint density at radius 1 is 0.889 bits per heavy atom. The third-order valence-electron chi connectivity index (χ3n) is 3.71. The second-order valence-electron chi connectivity index (χ2n) is 4.87. The predicted octanol–water partition coefficient (Wildman–Crippen LogP) is 5.07. The minimum Gasteiger partial charge on any atom is -0.0616 e. The molecule has 3 rings (SSSR count). The lowest BCUT2D eigenvalue weighted by Gasteiger charge is -2.10. The summed E-state index contributed by atoms with van der Waals surface area (Å²) in [5, 5.41) is 5.34. The SMILES string of the molecule is [CH2]CCc1ccc2cc3ccccc3cc2c1C. The molecule has 0 bridgehead atoms. The van der Waals surface area contributed by atoms with Gasteiger partial charge in [0.1, 0.15) is 0 Å². The van der Waals surface area contributed by atoms with Crippen molar-refractivity contribution < 1.29 is 0 Å². The van der Waals surface area contributed by atoms with Crippen LogP contribution in [0.4, 0.5) is 0 Å². The molecule has 0 aliphatic carbocycles. The minimum absolute atomic E-state index is 0.958. The molecule has 3 aromatic rings. The molecule has 89 valence electrons. The van der Waals surface area contributed by atoms with Crippen molar-refractivity contribution in [3.63, 3.8) is 0 Å². The van der Waals surface area contributed by atoms with Crippen molar-refractivity contribution >= 4 is 21.5 Å². The summed E-state index contributed by atoms with van der Waals surface area (Å²) in [5.41, 5.74) is 2.83. The van der Waals surface area contributed by atoms with E-state index in [2.05, 4.69) is 62.4 Å². The molecule has 0 amide bonds. The van der Waals surface area contributed by atoms with E-state index in [1.54, 1.807) is 0 Å². The molecule has 0 nitrogen and oxygen atoms in total. The summed E-state index contributed by atoms with van der Waals surface area (Å²) in [4.78, 5) is 0. The zero-order chi connectivity index (χ0) is 12.5. The summed E-state index contributed by atoms with van der Waals surface area (Å²) in [6, 6.07) is 17.6. The van der Waals surface area contributed by atoms with Gasteiger partial charge in [0.2, 0.25) is 0 Å². The molecule has 0 unspecified atom stereocenters. The van der Waals surface area contributed by atoms with Gasteiger partial charge < -0.3 is 0 Å². The molecule has 0 saturated carbocycles. The van der Waals surface area contributed by atoms with Gasteiger partial charge in [0, 0.05) is 0 Å². The van der Waals surface area contributed by atoms with Gasteiger partial charge >= 0.3 is 0 Å². The normalized spacial score (nSPS) is 11.2. The summed E-state index contributed by atoms with van der Waals surface area (Å²) in [7, 11) is 0. The van der Waals surface area contributed by atoms with E-state index >= 15 is 0 Å². The van der Waals surface area contributed by atoms with Gasteiger partial charge in [0.25, 0.3) is 0 Å². The average molecular weight is 233 g/mol. The molecule has 0 N–H and O–H groups in total. The number of hydrogen-bond donors (Lipinski definition) is 0. The maximum Gasteiger partial charge on any atom is -0.0146 e. The molecule has 0 aliphatic heterocycles. The van der Waals surface area contributed by atoms with E-state index in [-0.39, 0.29) is 0 Å². The topological polar surface area (TPSA) is 0 Å². The first-order valence-electron chi connectivity index (χ1n) is 6.50. The quantitative estimate of drug-likeness (QED) is 0.542. The molecule has 0 aliphatic rings. The van der Waals surface area contributed by atoms with Crippen LogP contribution in [0.5, 0.6) is 0 Å². The van der Waals surface area contributed by atoms with Gasteiger partial charge in [-0.25, -0.2) is 0 Å². The van der Waals surface area contributed by atoms with E-state index in [0.717, 1.165) is 12.8 Å². The van der Waals surface area contributed by atoms with Gasteiger partial charge in [-0.05, 0) is 64.6 Å². The molecule has 0 spiro atoms. The molecule has 0 heteroatoms. The third-order valence-corrected chi connectivity index (χ3v) is 3.71. The van der Waals surface area contributed by atoms with Crippen LogP contribution in [0, 0.1) is 13.8 Å². The third kappa shape index (κ3) is 1.78. The van der Waals surface area contributed by atoms with Crippen molar-refractivity contribution in [3.8, 4) is 0 Å². The van der Waals surface area contributed by atoms with Crippen LogP contribution in [0.25, 0.3) is 21.5 Å². The second-order valence-corrected chi connectivity index (χ2v) is 4.87. The van der Waals surface area contributed by atoms with E-state index in [0.29, 0.717) is 0 Å². The fourth-order valence-corrected chi connectivity index (χ4v) is 2.67. The van der Waals surface area contributed by atoms with Gasteiger partial charge in [-0.2, -0.15) is 0 Å². The summed E-state index contributed by atoms with van der Waals surface area (Å²) in [5.74, 6) is 0. The number of benzene rings is 3. The fourth-order valence-electron chi connectivity index (χ4n) is 2.67. The molecule has 1 radical (unpaired) electrons. The molecule has 18 heavy (non-hydrogen) atoms. The van der Waals surface area contributed by atoms with E-state index in [1.165, 1.54) is 32.7 Å². The smallest absolute Gasteiger partial charge is 0.0146 e. The Bertz CT molecular complexity index is 708. The standard InChI is InChI=1S/C18H17/c1-3-6-14-9-10-17-11-15-7-4-5-8-16(15)12-18(17)13(14)2/h4-5,7-12H,1,3,6H2,2H3. The first-order chi connectivity index (χ1) is 8.79. The maximum absolute atomic E-state index is 3.95. The van der Waals surface area contributed by atoms with Crippen LogP contribution in [0.2, 0.25) is 0 Å². The van der Waals surface area contributed by atoms with Crippen LogP contribution in [-0.2, 0) is 6.42 Å². The summed E-state index contributed by atoms with van der Waals surface area (Å²) >= 11 is 0. The largest absolute Gasteiger partial charge is 0.0616 e. The lowest BCUT2D eigenvalue weighted by molar-refractivity contribution is 0.990. The van der Waals surface area contributed by atoms with Crippen LogP contribution >= 0.6 is 0 Å². The zero-order valence-electron chi connectivity index (χ0n) is 10.7. The molecule has 0 heterocycles. The fraction of sp³-hybridized carbons (Fsp3) is 0.167. The Hall–Kier alpha value is -1.82. The van der Waals surface area contributed by atoms with Crippen molar-refractivity contribution in [1.82, 2.24) is 0 Å². The number of aryl methyl sites for hydroxylation is 2. The highest BCUT2D eigenvalue weighted by molar-refractivity contribution is 5.99. The summed E-state index contributed by atoms with van der Waals surface area (Å²) in [6.07, 6.45) is 2.02. The summed E-state index contributed by atoms with van der Waals surface area (Å²) in [6.45, 7) is 6.18. The highest BCUT2D eigenvalue weighted by Crippen LogP contribution is 2.27. The molecule has 0 saturated heterocycles. The van der Waals surface area contributed by atoms with Crippen LogP contribution in [-0.4, -0.2) is 0 Å². The average Bonchev–Trinajstić information content (AvgIpc) is 2.41. The molecule has 0 aromatic heterocycles. The van der Waals surface area contributed by atoms with Gasteiger partial charge in [-0.15, -0.1) is 0 Å². The monoisotopic (exact) mass is 233 g/mol. The number of rotatable bonds is 2. The van der Waals surface area contributed by atoms with Gasteiger partial charge in [0.05, 0.1) is 0 Å². The maximum atomic E-state index is 3.95. The van der Waals surface area contributed by atoms with Crippen molar-refractivity contribution in [3.05, 3.63) is 66.6 Å².